The van der Waals surface area contributed by atoms with Crippen molar-refractivity contribution in [1.82, 2.24) is 29.8 Å². The Morgan fingerprint density at radius 1 is 1.33 bits per heavy atom. The zero-order valence-electron chi connectivity index (χ0n) is 5.97. The predicted octanol–water partition coefficient (Wildman–Crippen LogP) is 0.000600. The molecule has 0 spiro atoms. The van der Waals surface area contributed by atoms with Crippen LogP contribution in [0.3, 0.4) is 0 Å². The van der Waals surface area contributed by atoms with Crippen LogP contribution in [0.15, 0.2) is 18.7 Å². The Morgan fingerprint density at radius 3 is 3.33 bits per heavy atom. The van der Waals surface area contributed by atoms with Crippen LogP contribution in [0.1, 0.15) is 0 Å². The van der Waals surface area contributed by atoms with Crippen LogP contribution in [-0.4, -0.2) is 29.8 Å². The fourth-order valence-electron chi connectivity index (χ4n) is 1.18. The first-order chi connectivity index (χ1) is 5.95. The van der Waals surface area contributed by atoms with Crippen molar-refractivity contribution < 1.29 is 0 Å². The Morgan fingerprint density at radius 2 is 2.33 bits per heavy atom. The van der Waals surface area contributed by atoms with E-state index in [1.807, 2.05) is 0 Å². The minimum absolute atomic E-state index is 0.576. The second-order valence-electron chi connectivity index (χ2n) is 2.43. The van der Waals surface area contributed by atoms with Gasteiger partial charge < -0.3 is 0 Å². The summed E-state index contributed by atoms with van der Waals surface area (Å²) in [6.07, 6.45) is 5.02. The van der Waals surface area contributed by atoms with Crippen LogP contribution in [0, 0.1) is 0 Å². The van der Waals surface area contributed by atoms with E-state index < -0.39 is 0 Å². The number of hydrogen-bond donors (Lipinski definition) is 1. The summed E-state index contributed by atoms with van der Waals surface area (Å²) in [6, 6.07) is 0. The second-order valence-corrected chi connectivity index (χ2v) is 2.43. The molecule has 0 saturated heterocycles. The van der Waals surface area contributed by atoms with Gasteiger partial charge in [0.25, 0.3) is 5.78 Å². The van der Waals surface area contributed by atoms with Gasteiger partial charge in [-0.1, -0.05) is 0 Å². The third-order valence-electron chi connectivity index (χ3n) is 1.74. The molecule has 0 fully saturated rings. The Labute approximate surface area is 66.3 Å². The molecule has 0 unspecified atom stereocenters. The number of aromatic nitrogens is 6. The van der Waals surface area contributed by atoms with Crippen molar-refractivity contribution >= 4 is 16.8 Å². The molecule has 0 aliphatic heterocycles. The Kier molecular flexibility index (Phi) is 0.840. The Balaban J connectivity index is 2.71. The van der Waals surface area contributed by atoms with Crippen LogP contribution < -0.4 is 0 Å². The van der Waals surface area contributed by atoms with Gasteiger partial charge in [0.05, 0.1) is 11.6 Å². The standard InChI is InChI=1S/C6H4N6/c1-4-2-8-10-5(4)12-3-9-11-6(12)7-1/h1-3H,(H,8,10). The van der Waals surface area contributed by atoms with E-state index >= 15 is 0 Å². The van der Waals surface area contributed by atoms with Gasteiger partial charge in [-0.2, -0.15) is 5.10 Å². The van der Waals surface area contributed by atoms with E-state index in [9.17, 15) is 0 Å². The van der Waals surface area contributed by atoms with Gasteiger partial charge in [0.1, 0.15) is 12.0 Å². The van der Waals surface area contributed by atoms with Crippen molar-refractivity contribution in [2.45, 2.75) is 0 Å². The average Bonchev–Trinajstić information content (AvgIpc) is 2.71. The molecule has 0 bridgehead atoms. The summed E-state index contributed by atoms with van der Waals surface area (Å²) in [5.41, 5.74) is 0.866. The number of hydrogen-bond acceptors (Lipinski definition) is 4. The zero-order valence-corrected chi connectivity index (χ0v) is 5.97. The molecule has 0 aliphatic rings. The molecule has 0 atom stereocenters. The van der Waals surface area contributed by atoms with E-state index in [1.54, 1.807) is 23.1 Å². The lowest BCUT2D eigenvalue weighted by Gasteiger charge is -1.90. The molecular formula is C6H4N6. The highest BCUT2D eigenvalue weighted by atomic mass is 15.3. The molecule has 0 aromatic carbocycles. The quantitative estimate of drug-likeness (QED) is 0.502. The topological polar surface area (TPSA) is 71.8 Å². The van der Waals surface area contributed by atoms with Gasteiger partial charge >= 0.3 is 0 Å². The fraction of sp³-hybridized carbons (Fsp3) is 0. The molecule has 12 heavy (non-hydrogen) atoms. The van der Waals surface area contributed by atoms with Crippen molar-refractivity contribution in [3.8, 4) is 0 Å². The van der Waals surface area contributed by atoms with Gasteiger partial charge in [0.2, 0.25) is 0 Å². The molecule has 3 aromatic heterocycles. The first kappa shape index (κ1) is 5.64. The Hall–Kier alpha value is -1.98. The molecule has 3 heterocycles. The summed E-state index contributed by atoms with van der Waals surface area (Å²) in [6.45, 7) is 0. The summed E-state index contributed by atoms with van der Waals surface area (Å²) in [5, 5.41) is 15.2. The summed E-state index contributed by atoms with van der Waals surface area (Å²) in [5.74, 6) is 0.576. The van der Waals surface area contributed by atoms with Gasteiger partial charge in [0.15, 0.2) is 0 Å². The lowest BCUT2D eigenvalue weighted by Crippen LogP contribution is -1.88. The molecule has 3 rings (SSSR count). The molecule has 0 radical (unpaired) electrons. The van der Waals surface area contributed by atoms with Gasteiger partial charge in [-0.05, 0) is 0 Å². The third kappa shape index (κ3) is 0.541. The average molecular weight is 160 g/mol. The highest BCUT2D eigenvalue weighted by Gasteiger charge is 2.02. The number of nitrogens with one attached hydrogen (secondary N) is 1. The monoisotopic (exact) mass is 160 g/mol. The molecule has 6 heteroatoms. The van der Waals surface area contributed by atoms with Gasteiger partial charge in [-0.15, -0.1) is 10.2 Å². The second kappa shape index (κ2) is 1.79. The molecule has 58 valence electrons. The van der Waals surface area contributed by atoms with E-state index in [0.717, 1.165) is 11.0 Å². The highest BCUT2D eigenvalue weighted by molar-refractivity contribution is 5.74. The maximum absolute atomic E-state index is 4.07. The van der Waals surface area contributed by atoms with Crippen LogP contribution >= 0.6 is 0 Å². The SMILES string of the molecule is c1n[nH]c2c1cnc1nncn12. The lowest BCUT2D eigenvalue weighted by atomic mass is 10.4. The van der Waals surface area contributed by atoms with Crippen molar-refractivity contribution in [3.05, 3.63) is 18.7 Å². The minimum Gasteiger partial charge on any atom is -0.262 e. The van der Waals surface area contributed by atoms with Gasteiger partial charge in [-0.25, -0.2) is 9.38 Å². The maximum Gasteiger partial charge on any atom is 0.256 e. The number of fused-ring (bicyclic) bond motifs is 3. The lowest BCUT2D eigenvalue weighted by molar-refractivity contribution is 1.06. The van der Waals surface area contributed by atoms with E-state index in [-0.39, 0.29) is 0 Å². The Bertz CT molecular complexity index is 485. The maximum atomic E-state index is 4.07. The van der Waals surface area contributed by atoms with Gasteiger partial charge in [0, 0.05) is 6.20 Å². The number of rotatable bonds is 0. The highest BCUT2D eigenvalue weighted by Crippen LogP contribution is 2.08. The molecular weight excluding hydrogens is 156 g/mol. The van der Waals surface area contributed by atoms with Crippen LogP contribution in [-0.2, 0) is 0 Å². The van der Waals surface area contributed by atoms with Crippen LogP contribution in [0.2, 0.25) is 0 Å². The zero-order chi connectivity index (χ0) is 7.97. The molecule has 0 amide bonds. The largest absolute Gasteiger partial charge is 0.262 e. The van der Waals surface area contributed by atoms with E-state index in [1.165, 1.54) is 0 Å². The van der Waals surface area contributed by atoms with Crippen molar-refractivity contribution in [2.75, 3.05) is 0 Å². The van der Waals surface area contributed by atoms with Crippen LogP contribution in [0.4, 0.5) is 0 Å². The van der Waals surface area contributed by atoms with Crippen LogP contribution in [0.5, 0.6) is 0 Å². The molecule has 1 N–H and O–H groups in total. The van der Waals surface area contributed by atoms with E-state index in [0.29, 0.717) is 5.78 Å². The van der Waals surface area contributed by atoms with Crippen molar-refractivity contribution in [1.29, 1.82) is 0 Å². The summed E-state index contributed by atoms with van der Waals surface area (Å²) in [4.78, 5) is 4.07. The number of H-pyrrole nitrogens is 1. The molecule has 3 aromatic rings. The van der Waals surface area contributed by atoms with E-state index in [4.69, 9.17) is 0 Å². The molecule has 0 aliphatic carbocycles. The van der Waals surface area contributed by atoms with Gasteiger partial charge in [-0.3, -0.25) is 5.10 Å². The predicted molar refractivity (Wildman–Crippen MR) is 40.4 cm³/mol. The van der Waals surface area contributed by atoms with Crippen molar-refractivity contribution in [2.24, 2.45) is 0 Å². The fourth-order valence-corrected chi connectivity index (χ4v) is 1.18. The molecule has 0 saturated carbocycles. The normalized spacial score (nSPS) is 11.3. The van der Waals surface area contributed by atoms with E-state index in [2.05, 4.69) is 25.4 Å². The third-order valence-corrected chi connectivity index (χ3v) is 1.74. The molecule has 6 nitrogen and oxygen atoms in total. The summed E-state index contributed by atoms with van der Waals surface area (Å²) < 4.78 is 1.75. The van der Waals surface area contributed by atoms with Crippen molar-refractivity contribution in [3.63, 3.8) is 0 Å². The first-order valence-electron chi connectivity index (χ1n) is 3.43. The van der Waals surface area contributed by atoms with Crippen LogP contribution in [0.25, 0.3) is 16.8 Å². The summed E-state index contributed by atoms with van der Waals surface area (Å²) in [7, 11) is 0. The minimum atomic E-state index is 0.576. The smallest absolute Gasteiger partial charge is 0.256 e. The number of nitrogens with zero attached hydrogens (tertiary/aromatic N) is 5. The first-order valence-corrected chi connectivity index (χ1v) is 3.43. The number of aromatic amines is 1. The summed E-state index contributed by atoms with van der Waals surface area (Å²) >= 11 is 0.